The van der Waals surface area contributed by atoms with Crippen molar-refractivity contribution in [3.8, 4) is 0 Å². The Kier molecular flexibility index (Phi) is 5.86. The molecule has 2 aromatic rings. The molecule has 12 heteroatoms. The van der Waals surface area contributed by atoms with Crippen LogP contribution in [0.15, 0.2) is 6.07 Å². The molecule has 1 N–H and O–H groups in total. The summed E-state index contributed by atoms with van der Waals surface area (Å²) in [5.74, 6) is -0.366. The Morgan fingerprint density at radius 2 is 1.89 bits per heavy atom. The molecule has 0 fully saturated rings. The maximum Gasteiger partial charge on any atom is 0.435 e. The number of aromatic nitrogens is 4. The third-order valence-corrected chi connectivity index (χ3v) is 3.99. The number of aryl methyl sites for hydroxylation is 3. The first-order chi connectivity index (χ1) is 12.5. The fraction of sp³-hybridized carbons (Fsp3) is 0.533. The number of halogens is 3. The van der Waals surface area contributed by atoms with Crippen molar-refractivity contribution in [2.24, 2.45) is 0 Å². The van der Waals surface area contributed by atoms with Crippen LogP contribution < -0.4 is 5.32 Å². The Morgan fingerprint density at radius 1 is 1.22 bits per heavy atom. The van der Waals surface area contributed by atoms with Crippen LogP contribution in [0.5, 0.6) is 0 Å². The maximum atomic E-state index is 12.6. The predicted molar refractivity (Wildman–Crippen MR) is 87.9 cm³/mol. The highest BCUT2D eigenvalue weighted by molar-refractivity contribution is 5.75. The number of alkyl halides is 3. The Hall–Kier alpha value is -2.92. The van der Waals surface area contributed by atoms with Crippen LogP contribution in [0.4, 0.5) is 18.9 Å². The van der Waals surface area contributed by atoms with E-state index in [1.54, 1.807) is 6.92 Å². The lowest BCUT2D eigenvalue weighted by Crippen LogP contribution is -2.28. The van der Waals surface area contributed by atoms with Gasteiger partial charge in [-0.2, -0.15) is 23.4 Å². The van der Waals surface area contributed by atoms with Gasteiger partial charge in [-0.25, -0.2) is 0 Å². The monoisotopic (exact) mass is 388 g/mol. The van der Waals surface area contributed by atoms with Crippen molar-refractivity contribution >= 4 is 11.6 Å². The molecule has 0 saturated carbocycles. The molecule has 1 amide bonds. The van der Waals surface area contributed by atoms with E-state index in [2.05, 4.69) is 15.5 Å². The number of nitrogens with zero attached hydrogens (tertiary/aromatic N) is 5. The summed E-state index contributed by atoms with van der Waals surface area (Å²) in [6, 6.07) is 0.924. The lowest BCUT2D eigenvalue weighted by atomic mass is 10.3. The molecular weight excluding hydrogens is 369 g/mol. The molecule has 0 aliphatic rings. The van der Waals surface area contributed by atoms with E-state index in [9.17, 15) is 28.1 Å². The fourth-order valence-corrected chi connectivity index (χ4v) is 2.64. The van der Waals surface area contributed by atoms with Crippen molar-refractivity contribution in [2.45, 2.75) is 46.5 Å². The molecule has 148 valence electrons. The van der Waals surface area contributed by atoms with Crippen molar-refractivity contribution in [2.75, 3.05) is 6.54 Å². The smallest absolute Gasteiger partial charge is 0.354 e. The fourth-order valence-electron chi connectivity index (χ4n) is 2.64. The third kappa shape index (κ3) is 4.83. The van der Waals surface area contributed by atoms with E-state index in [0.29, 0.717) is 17.1 Å². The lowest BCUT2D eigenvalue weighted by Gasteiger charge is -2.08. The van der Waals surface area contributed by atoms with Gasteiger partial charge in [-0.15, -0.1) is 0 Å². The van der Waals surface area contributed by atoms with Gasteiger partial charge in [0.2, 0.25) is 5.91 Å². The van der Waals surface area contributed by atoms with Crippen LogP contribution in [0.1, 0.15) is 29.2 Å². The van der Waals surface area contributed by atoms with E-state index in [1.165, 1.54) is 18.5 Å². The number of carbonyl (C=O) groups excluding carboxylic acids is 1. The van der Waals surface area contributed by atoms with E-state index >= 15 is 0 Å². The maximum absolute atomic E-state index is 12.6. The molecule has 9 nitrogen and oxygen atoms in total. The molecule has 2 aromatic heterocycles. The minimum Gasteiger partial charge on any atom is -0.354 e. The molecule has 0 unspecified atom stereocenters. The second-order valence-corrected chi connectivity index (χ2v) is 5.99. The van der Waals surface area contributed by atoms with Crippen LogP contribution in [0.2, 0.25) is 0 Å². The van der Waals surface area contributed by atoms with Gasteiger partial charge >= 0.3 is 11.9 Å². The van der Waals surface area contributed by atoms with Gasteiger partial charge in [0, 0.05) is 25.2 Å². The summed E-state index contributed by atoms with van der Waals surface area (Å²) in [5.41, 5.74) is -0.0652. The highest BCUT2D eigenvalue weighted by Crippen LogP contribution is 2.28. The molecule has 0 bridgehead atoms. The number of nitro groups is 1. The van der Waals surface area contributed by atoms with Crippen LogP contribution in [0, 0.1) is 30.9 Å². The normalized spacial score (nSPS) is 11.6. The molecule has 0 spiro atoms. The van der Waals surface area contributed by atoms with Crippen molar-refractivity contribution in [1.29, 1.82) is 0 Å². The number of amides is 1. The summed E-state index contributed by atoms with van der Waals surface area (Å²) in [6.45, 7) is 5.02. The van der Waals surface area contributed by atoms with Gasteiger partial charge in [-0.05, 0) is 26.8 Å². The summed E-state index contributed by atoms with van der Waals surface area (Å²) in [6.07, 6.45) is -4.57. The van der Waals surface area contributed by atoms with Crippen molar-refractivity contribution in [3.05, 3.63) is 39.0 Å². The first-order valence-corrected chi connectivity index (χ1v) is 8.07. The Labute approximate surface area is 152 Å². The minimum atomic E-state index is -4.53. The summed E-state index contributed by atoms with van der Waals surface area (Å²) < 4.78 is 40.4. The van der Waals surface area contributed by atoms with Crippen LogP contribution in [-0.4, -0.2) is 36.9 Å². The van der Waals surface area contributed by atoms with Gasteiger partial charge in [0.15, 0.2) is 5.69 Å². The number of hydrogen-bond donors (Lipinski definition) is 1. The molecule has 0 radical (unpaired) electrons. The van der Waals surface area contributed by atoms with Gasteiger partial charge in [0.1, 0.15) is 11.4 Å². The number of hydrogen-bond acceptors (Lipinski definition) is 5. The van der Waals surface area contributed by atoms with Gasteiger partial charge in [-0.3, -0.25) is 24.3 Å². The second-order valence-electron chi connectivity index (χ2n) is 5.99. The molecule has 0 aromatic carbocycles. The average Bonchev–Trinajstić information content (AvgIpc) is 3.05. The summed E-state index contributed by atoms with van der Waals surface area (Å²) in [7, 11) is 0. The summed E-state index contributed by atoms with van der Waals surface area (Å²) >= 11 is 0. The number of nitrogens with one attached hydrogen (secondary N) is 1. The van der Waals surface area contributed by atoms with Crippen LogP contribution >= 0.6 is 0 Å². The Balaban J connectivity index is 1.85. The molecule has 27 heavy (non-hydrogen) atoms. The van der Waals surface area contributed by atoms with Crippen LogP contribution in [0.3, 0.4) is 0 Å². The zero-order valence-electron chi connectivity index (χ0n) is 15.0. The zero-order valence-corrected chi connectivity index (χ0v) is 15.0. The van der Waals surface area contributed by atoms with E-state index in [4.69, 9.17) is 0 Å². The molecular formula is C15H19F3N6O3. The average molecular weight is 388 g/mol. The third-order valence-electron chi connectivity index (χ3n) is 3.99. The molecule has 0 aliphatic heterocycles. The lowest BCUT2D eigenvalue weighted by molar-refractivity contribution is -0.386. The van der Waals surface area contributed by atoms with Gasteiger partial charge < -0.3 is 5.32 Å². The Morgan fingerprint density at radius 3 is 2.41 bits per heavy atom. The molecule has 0 saturated heterocycles. The van der Waals surface area contributed by atoms with E-state index in [1.807, 2.05) is 0 Å². The van der Waals surface area contributed by atoms with Gasteiger partial charge in [-0.1, -0.05) is 0 Å². The molecule has 0 atom stereocenters. The van der Waals surface area contributed by atoms with Gasteiger partial charge in [0.25, 0.3) is 0 Å². The standard InChI is InChI=1S/C15H19F3N6O3/c1-9-8-12(15(16,17)18)21-22(9)6-4-13(25)19-5-7-23-11(3)14(24(26)27)10(2)20-23/h8H,4-7H2,1-3H3,(H,19,25). The predicted octanol–water partition coefficient (Wildman–Crippen LogP) is 2.14. The first-order valence-electron chi connectivity index (χ1n) is 8.07. The van der Waals surface area contributed by atoms with Gasteiger partial charge in [0.05, 0.1) is 11.5 Å². The molecule has 2 heterocycles. The van der Waals surface area contributed by atoms with Crippen molar-refractivity contribution in [3.63, 3.8) is 0 Å². The van der Waals surface area contributed by atoms with Crippen molar-refractivity contribution in [1.82, 2.24) is 24.9 Å². The zero-order chi connectivity index (χ0) is 20.4. The van der Waals surface area contributed by atoms with Crippen molar-refractivity contribution < 1.29 is 22.9 Å². The molecule has 0 aliphatic carbocycles. The van der Waals surface area contributed by atoms with Crippen LogP contribution in [-0.2, 0) is 24.1 Å². The Bertz CT molecular complexity index is 856. The number of rotatable bonds is 7. The largest absolute Gasteiger partial charge is 0.435 e. The van der Waals surface area contributed by atoms with E-state index in [-0.39, 0.29) is 37.6 Å². The van der Waals surface area contributed by atoms with Crippen LogP contribution in [0.25, 0.3) is 0 Å². The summed E-state index contributed by atoms with van der Waals surface area (Å²) in [5, 5.41) is 21.1. The molecule has 2 rings (SSSR count). The topological polar surface area (TPSA) is 108 Å². The highest BCUT2D eigenvalue weighted by atomic mass is 19.4. The first kappa shape index (κ1) is 20.4. The number of carbonyl (C=O) groups is 1. The SMILES string of the molecule is Cc1nn(CCNC(=O)CCn2nc(C(F)(F)F)cc2C)c(C)c1[N+](=O)[O-]. The second kappa shape index (κ2) is 7.76. The van der Waals surface area contributed by atoms with E-state index in [0.717, 1.165) is 10.7 Å². The quantitative estimate of drug-likeness (QED) is 0.578. The highest BCUT2D eigenvalue weighted by Gasteiger charge is 2.34. The summed E-state index contributed by atoms with van der Waals surface area (Å²) in [4.78, 5) is 22.3. The van der Waals surface area contributed by atoms with E-state index < -0.39 is 16.8 Å². The minimum absolute atomic E-state index is 0.0130.